The third-order valence-corrected chi connectivity index (χ3v) is 2.99. The van der Waals surface area contributed by atoms with Crippen molar-refractivity contribution >= 4 is 0 Å². The fourth-order valence-corrected chi connectivity index (χ4v) is 1.46. The molecule has 0 aromatic carbocycles. The van der Waals surface area contributed by atoms with Crippen molar-refractivity contribution in [3.8, 4) is 0 Å². The summed E-state index contributed by atoms with van der Waals surface area (Å²) < 4.78 is 1.97. The summed E-state index contributed by atoms with van der Waals surface area (Å²) in [6.07, 6.45) is 4.07. The van der Waals surface area contributed by atoms with Gasteiger partial charge in [0, 0.05) is 30.4 Å². The van der Waals surface area contributed by atoms with Crippen LogP contribution in [0.5, 0.6) is 0 Å². The van der Waals surface area contributed by atoms with Crippen LogP contribution in [0, 0.1) is 5.92 Å². The molecule has 1 aromatic heterocycles. The van der Waals surface area contributed by atoms with Crippen LogP contribution in [0.3, 0.4) is 0 Å². The first kappa shape index (κ1) is 12.2. The molecular weight excluding hydrogens is 186 g/mol. The van der Waals surface area contributed by atoms with E-state index in [2.05, 4.69) is 51.2 Å². The molecule has 15 heavy (non-hydrogen) atoms. The number of nitrogens with zero attached hydrogens (tertiary/aromatic N) is 2. The molecule has 0 fully saturated rings. The van der Waals surface area contributed by atoms with Crippen LogP contribution in [-0.2, 0) is 6.54 Å². The number of hydrogen-bond acceptors (Lipinski definition) is 2. The van der Waals surface area contributed by atoms with Gasteiger partial charge in [-0.2, -0.15) is 5.10 Å². The molecule has 3 heteroatoms. The third kappa shape index (κ3) is 3.34. The van der Waals surface area contributed by atoms with E-state index < -0.39 is 0 Å². The molecule has 0 aliphatic carbocycles. The average Bonchev–Trinajstić information content (AvgIpc) is 2.65. The van der Waals surface area contributed by atoms with Crippen molar-refractivity contribution in [1.29, 1.82) is 0 Å². The zero-order valence-corrected chi connectivity index (χ0v) is 10.5. The molecular formula is C12H23N3. The summed E-state index contributed by atoms with van der Waals surface area (Å²) in [5.41, 5.74) is 1.27. The van der Waals surface area contributed by atoms with E-state index in [0.29, 0.717) is 18.0 Å². The fourth-order valence-electron chi connectivity index (χ4n) is 1.46. The Labute approximate surface area is 92.9 Å². The highest BCUT2D eigenvalue weighted by Crippen LogP contribution is 2.13. The van der Waals surface area contributed by atoms with Crippen molar-refractivity contribution in [3.05, 3.63) is 18.0 Å². The molecule has 1 heterocycles. The Hall–Kier alpha value is -0.830. The van der Waals surface area contributed by atoms with Gasteiger partial charge in [0.1, 0.15) is 0 Å². The van der Waals surface area contributed by atoms with E-state index in [9.17, 15) is 0 Å². The smallest absolute Gasteiger partial charge is 0.0537 e. The molecule has 0 saturated carbocycles. The number of hydrogen-bond donors (Lipinski definition) is 1. The lowest BCUT2D eigenvalue weighted by Gasteiger charge is -2.22. The molecule has 1 rings (SSSR count). The van der Waals surface area contributed by atoms with Crippen molar-refractivity contribution in [3.63, 3.8) is 0 Å². The predicted molar refractivity (Wildman–Crippen MR) is 63.8 cm³/mol. The number of aromatic nitrogens is 2. The van der Waals surface area contributed by atoms with Crippen LogP contribution in [0.25, 0.3) is 0 Å². The van der Waals surface area contributed by atoms with E-state index in [0.717, 1.165) is 6.54 Å². The molecule has 86 valence electrons. The Morgan fingerprint density at radius 1 is 1.33 bits per heavy atom. The molecule has 0 aliphatic rings. The molecule has 2 unspecified atom stereocenters. The zero-order valence-electron chi connectivity index (χ0n) is 10.5. The van der Waals surface area contributed by atoms with E-state index in [-0.39, 0.29) is 0 Å². The summed E-state index contributed by atoms with van der Waals surface area (Å²) in [7, 11) is 0. The van der Waals surface area contributed by atoms with Crippen LogP contribution < -0.4 is 5.32 Å². The van der Waals surface area contributed by atoms with E-state index in [1.54, 1.807) is 0 Å². The second-order valence-corrected chi connectivity index (χ2v) is 4.55. The SMILES string of the molecule is CCn1cc(C(C)NC(C)C(C)C)cn1. The lowest BCUT2D eigenvalue weighted by molar-refractivity contribution is 0.388. The molecule has 0 bridgehead atoms. The first-order valence-electron chi connectivity index (χ1n) is 5.83. The first-order valence-corrected chi connectivity index (χ1v) is 5.83. The summed E-state index contributed by atoms with van der Waals surface area (Å²) in [6.45, 7) is 11.9. The van der Waals surface area contributed by atoms with Crippen molar-refractivity contribution < 1.29 is 0 Å². The standard InChI is InChI=1S/C12H23N3/c1-6-15-8-12(7-13-15)11(5)14-10(4)9(2)3/h7-11,14H,6H2,1-5H3. The maximum absolute atomic E-state index is 4.28. The summed E-state index contributed by atoms with van der Waals surface area (Å²) in [5, 5.41) is 7.86. The molecule has 0 amide bonds. The second kappa shape index (κ2) is 5.31. The van der Waals surface area contributed by atoms with Gasteiger partial charge in [-0.15, -0.1) is 0 Å². The highest BCUT2D eigenvalue weighted by Gasteiger charge is 2.13. The Bertz CT molecular complexity index is 291. The van der Waals surface area contributed by atoms with Gasteiger partial charge >= 0.3 is 0 Å². The van der Waals surface area contributed by atoms with Crippen molar-refractivity contribution in [2.75, 3.05) is 0 Å². The summed E-state index contributed by atoms with van der Waals surface area (Å²) in [6, 6.07) is 0.910. The van der Waals surface area contributed by atoms with E-state index in [1.807, 2.05) is 10.9 Å². The van der Waals surface area contributed by atoms with Crippen LogP contribution in [0.2, 0.25) is 0 Å². The van der Waals surface area contributed by atoms with Crippen LogP contribution in [0.15, 0.2) is 12.4 Å². The van der Waals surface area contributed by atoms with Gasteiger partial charge in [-0.1, -0.05) is 13.8 Å². The highest BCUT2D eigenvalue weighted by molar-refractivity contribution is 5.09. The lowest BCUT2D eigenvalue weighted by Crippen LogP contribution is -2.32. The van der Waals surface area contributed by atoms with Gasteiger partial charge in [0.15, 0.2) is 0 Å². The first-order chi connectivity index (χ1) is 7.04. The summed E-state index contributed by atoms with van der Waals surface area (Å²) >= 11 is 0. The average molecular weight is 209 g/mol. The topological polar surface area (TPSA) is 29.9 Å². The van der Waals surface area contributed by atoms with Crippen molar-refractivity contribution in [1.82, 2.24) is 15.1 Å². The number of rotatable bonds is 5. The number of aryl methyl sites for hydroxylation is 1. The normalized spacial score (nSPS) is 15.6. The molecule has 3 nitrogen and oxygen atoms in total. The van der Waals surface area contributed by atoms with Gasteiger partial charge in [0.05, 0.1) is 6.20 Å². The Kier molecular flexibility index (Phi) is 4.33. The molecule has 0 radical (unpaired) electrons. The summed E-state index contributed by atoms with van der Waals surface area (Å²) in [5.74, 6) is 0.661. The van der Waals surface area contributed by atoms with Gasteiger partial charge in [0.2, 0.25) is 0 Å². The Morgan fingerprint density at radius 2 is 2.00 bits per heavy atom. The van der Waals surface area contributed by atoms with Crippen molar-refractivity contribution in [2.24, 2.45) is 5.92 Å². The minimum atomic E-state index is 0.378. The van der Waals surface area contributed by atoms with Gasteiger partial charge in [-0.05, 0) is 26.7 Å². The van der Waals surface area contributed by atoms with Gasteiger partial charge in [-0.3, -0.25) is 4.68 Å². The number of nitrogens with one attached hydrogen (secondary N) is 1. The molecule has 0 saturated heterocycles. The van der Waals surface area contributed by atoms with E-state index in [1.165, 1.54) is 5.56 Å². The van der Waals surface area contributed by atoms with Crippen LogP contribution in [-0.4, -0.2) is 15.8 Å². The second-order valence-electron chi connectivity index (χ2n) is 4.55. The van der Waals surface area contributed by atoms with Crippen LogP contribution in [0.4, 0.5) is 0 Å². The van der Waals surface area contributed by atoms with Crippen molar-refractivity contribution in [2.45, 2.75) is 53.2 Å². The quantitative estimate of drug-likeness (QED) is 0.808. The van der Waals surface area contributed by atoms with Gasteiger partial charge in [0.25, 0.3) is 0 Å². The molecule has 1 aromatic rings. The fraction of sp³-hybridized carbons (Fsp3) is 0.750. The maximum Gasteiger partial charge on any atom is 0.0537 e. The highest BCUT2D eigenvalue weighted by atomic mass is 15.3. The largest absolute Gasteiger partial charge is 0.307 e. The van der Waals surface area contributed by atoms with Gasteiger partial charge in [-0.25, -0.2) is 0 Å². The molecule has 2 atom stereocenters. The van der Waals surface area contributed by atoms with E-state index >= 15 is 0 Å². The minimum absolute atomic E-state index is 0.378. The molecule has 0 spiro atoms. The Morgan fingerprint density at radius 3 is 2.47 bits per heavy atom. The Balaban J connectivity index is 2.56. The maximum atomic E-state index is 4.28. The minimum Gasteiger partial charge on any atom is -0.307 e. The van der Waals surface area contributed by atoms with Crippen LogP contribution in [0.1, 0.15) is 46.2 Å². The summed E-state index contributed by atoms with van der Waals surface area (Å²) in [4.78, 5) is 0. The third-order valence-electron chi connectivity index (χ3n) is 2.99. The predicted octanol–water partition coefficient (Wildman–Crippen LogP) is 2.60. The molecule has 0 aliphatic heterocycles. The monoisotopic (exact) mass is 209 g/mol. The molecule has 1 N–H and O–H groups in total. The van der Waals surface area contributed by atoms with Gasteiger partial charge < -0.3 is 5.32 Å². The zero-order chi connectivity index (χ0) is 11.4. The van der Waals surface area contributed by atoms with Crippen LogP contribution >= 0.6 is 0 Å². The van der Waals surface area contributed by atoms with E-state index in [4.69, 9.17) is 0 Å². The lowest BCUT2D eigenvalue weighted by atomic mass is 10.0.